The van der Waals surface area contributed by atoms with Crippen LogP contribution < -0.4 is 10.1 Å². The van der Waals surface area contributed by atoms with Gasteiger partial charge in [0.15, 0.2) is 5.11 Å². The van der Waals surface area contributed by atoms with Crippen LogP contribution in [-0.2, 0) is 14.3 Å². The molecule has 2 fully saturated rings. The van der Waals surface area contributed by atoms with Gasteiger partial charge < -0.3 is 24.6 Å². The number of benzene rings is 1. The molecule has 1 spiro atoms. The second-order valence-corrected chi connectivity index (χ2v) is 9.72. The Balaban J connectivity index is 1.32. The second kappa shape index (κ2) is 10.1. The van der Waals surface area contributed by atoms with Crippen molar-refractivity contribution in [2.45, 2.75) is 32.1 Å². The second-order valence-electron chi connectivity index (χ2n) is 9.34. The van der Waals surface area contributed by atoms with Gasteiger partial charge in [0.25, 0.3) is 0 Å². The van der Waals surface area contributed by atoms with E-state index >= 15 is 0 Å². The van der Waals surface area contributed by atoms with Gasteiger partial charge in [0.2, 0.25) is 5.91 Å². The highest BCUT2D eigenvalue weighted by atomic mass is 32.1. The number of likely N-dealkylation sites (tertiary alicyclic amines) is 2. The first-order chi connectivity index (χ1) is 15.9. The summed E-state index contributed by atoms with van der Waals surface area (Å²) in [6.45, 7) is 3.27. The van der Waals surface area contributed by atoms with Crippen molar-refractivity contribution < 1.29 is 19.1 Å². The van der Waals surface area contributed by atoms with Crippen LogP contribution in [0.15, 0.2) is 36.4 Å². The summed E-state index contributed by atoms with van der Waals surface area (Å²) in [5.41, 5.74) is 1.06. The van der Waals surface area contributed by atoms with E-state index in [-0.39, 0.29) is 29.1 Å². The lowest BCUT2D eigenvalue weighted by Gasteiger charge is -2.40. The molecule has 33 heavy (non-hydrogen) atoms. The van der Waals surface area contributed by atoms with E-state index in [4.69, 9.17) is 21.7 Å². The molecule has 1 amide bonds. The molecular formula is C25H33N3O4S. The fraction of sp³-hybridized carbons (Fsp3) is 0.560. The molecular weight excluding hydrogens is 438 g/mol. The summed E-state index contributed by atoms with van der Waals surface area (Å²) in [6, 6.07) is 7.75. The van der Waals surface area contributed by atoms with E-state index in [2.05, 4.69) is 10.2 Å². The summed E-state index contributed by atoms with van der Waals surface area (Å²) in [5, 5.41) is 4.04. The molecule has 2 heterocycles. The Hall–Kier alpha value is -2.61. The third-order valence-corrected chi connectivity index (χ3v) is 7.80. The fourth-order valence-electron chi connectivity index (χ4n) is 5.35. The summed E-state index contributed by atoms with van der Waals surface area (Å²) < 4.78 is 10.2. The molecule has 2 saturated heterocycles. The third kappa shape index (κ3) is 5.16. The number of piperidine rings is 1. The molecule has 2 aliphatic heterocycles. The lowest BCUT2D eigenvalue weighted by molar-refractivity contribution is -0.153. The van der Waals surface area contributed by atoms with Gasteiger partial charge in [0.1, 0.15) is 5.75 Å². The molecule has 1 aromatic carbocycles. The summed E-state index contributed by atoms with van der Waals surface area (Å²) in [7, 11) is 3.05. The summed E-state index contributed by atoms with van der Waals surface area (Å²) in [6.07, 6.45) is 8.20. The topological polar surface area (TPSA) is 71.1 Å². The van der Waals surface area contributed by atoms with E-state index in [9.17, 15) is 9.59 Å². The number of ether oxygens (including phenoxy) is 2. The van der Waals surface area contributed by atoms with Crippen molar-refractivity contribution in [2.75, 3.05) is 45.7 Å². The highest BCUT2D eigenvalue weighted by Gasteiger charge is 2.45. The van der Waals surface area contributed by atoms with Gasteiger partial charge in [0.05, 0.1) is 26.1 Å². The molecule has 178 valence electrons. The maximum Gasteiger partial charge on any atom is 0.309 e. The molecule has 1 N–H and O–H groups in total. The third-order valence-electron chi connectivity index (χ3n) is 7.44. The predicted octanol–water partition coefficient (Wildman–Crippen LogP) is 3.46. The minimum absolute atomic E-state index is 0.101. The van der Waals surface area contributed by atoms with Crippen molar-refractivity contribution in [1.29, 1.82) is 0 Å². The number of allylic oxidation sites excluding steroid dienone is 2. The summed E-state index contributed by atoms with van der Waals surface area (Å²) in [5.74, 6) is -0.0662. The highest BCUT2D eigenvalue weighted by molar-refractivity contribution is 7.80. The number of methoxy groups -OCH3 is 2. The molecule has 7 nitrogen and oxygen atoms in total. The van der Waals surface area contributed by atoms with Gasteiger partial charge in [-0.15, -0.1) is 0 Å². The first-order valence-corrected chi connectivity index (χ1v) is 12.1. The van der Waals surface area contributed by atoms with Crippen LogP contribution in [0.5, 0.6) is 5.75 Å². The van der Waals surface area contributed by atoms with Crippen LogP contribution in [0.2, 0.25) is 0 Å². The SMILES string of the molecule is COC(=O)C1CC=CCC1C(=O)N1CCC2(CCN(C(=S)Nc3cccc(OC)c3)CC2)C1. The van der Waals surface area contributed by atoms with E-state index in [0.29, 0.717) is 12.8 Å². The zero-order valence-electron chi connectivity index (χ0n) is 19.4. The largest absolute Gasteiger partial charge is 0.497 e. The molecule has 4 rings (SSSR count). The van der Waals surface area contributed by atoms with Crippen LogP contribution in [0.3, 0.4) is 0 Å². The van der Waals surface area contributed by atoms with Gasteiger partial charge in [-0.2, -0.15) is 0 Å². The number of rotatable bonds is 4. The first kappa shape index (κ1) is 23.5. The van der Waals surface area contributed by atoms with Gasteiger partial charge in [0, 0.05) is 37.9 Å². The quantitative estimate of drug-likeness (QED) is 0.410. The average molecular weight is 472 g/mol. The molecule has 3 aliphatic rings. The number of esters is 1. The number of nitrogens with one attached hydrogen (secondary N) is 1. The summed E-state index contributed by atoms with van der Waals surface area (Å²) in [4.78, 5) is 29.7. The number of amides is 1. The smallest absolute Gasteiger partial charge is 0.309 e. The molecule has 1 aliphatic carbocycles. The Bertz CT molecular complexity index is 926. The van der Waals surface area contributed by atoms with E-state index in [1.165, 1.54) is 7.11 Å². The number of thiocarbonyl (C=S) groups is 1. The average Bonchev–Trinajstić information content (AvgIpc) is 3.26. The van der Waals surface area contributed by atoms with Crippen molar-refractivity contribution in [2.24, 2.45) is 17.3 Å². The number of anilines is 1. The van der Waals surface area contributed by atoms with Crippen LogP contribution in [0.1, 0.15) is 32.1 Å². The van der Waals surface area contributed by atoms with E-state index in [0.717, 1.165) is 62.0 Å². The molecule has 0 saturated carbocycles. The van der Waals surface area contributed by atoms with Crippen LogP contribution in [0.4, 0.5) is 5.69 Å². The van der Waals surface area contributed by atoms with E-state index < -0.39 is 0 Å². The zero-order chi connectivity index (χ0) is 23.4. The Morgan fingerprint density at radius 1 is 1.03 bits per heavy atom. The van der Waals surface area contributed by atoms with Gasteiger partial charge in [-0.25, -0.2) is 0 Å². The molecule has 1 aromatic rings. The predicted molar refractivity (Wildman–Crippen MR) is 131 cm³/mol. The fourth-order valence-corrected chi connectivity index (χ4v) is 5.65. The van der Waals surface area contributed by atoms with Crippen molar-refractivity contribution >= 4 is 34.9 Å². The highest BCUT2D eigenvalue weighted by Crippen LogP contribution is 2.42. The minimum atomic E-state index is -0.369. The Morgan fingerprint density at radius 2 is 1.70 bits per heavy atom. The van der Waals surface area contributed by atoms with Crippen molar-refractivity contribution in [1.82, 2.24) is 9.80 Å². The van der Waals surface area contributed by atoms with Crippen molar-refractivity contribution in [3.63, 3.8) is 0 Å². The van der Waals surface area contributed by atoms with Gasteiger partial charge in [-0.3, -0.25) is 9.59 Å². The first-order valence-electron chi connectivity index (χ1n) is 11.7. The Morgan fingerprint density at radius 3 is 2.36 bits per heavy atom. The number of carbonyl (C=O) groups is 2. The van der Waals surface area contributed by atoms with Crippen LogP contribution in [0, 0.1) is 17.3 Å². The lowest BCUT2D eigenvalue weighted by atomic mass is 9.77. The monoisotopic (exact) mass is 471 g/mol. The molecule has 0 radical (unpaired) electrons. The van der Waals surface area contributed by atoms with Crippen LogP contribution >= 0.6 is 12.2 Å². The molecule has 8 heteroatoms. The number of hydrogen-bond acceptors (Lipinski definition) is 5. The van der Waals surface area contributed by atoms with E-state index in [1.807, 2.05) is 41.3 Å². The maximum absolute atomic E-state index is 13.3. The number of nitrogens with zero attached hydrogens (tertiary/aromatic N) is 2. The zero-order valence-corrected chi connectivity index (χ0v) is 20.2. The summed E-state index contributed by atoms with van der Waals surface area (Å²) >= 11 is 5.66. The minimum Gasteiger partial charge on any atom is -0.497 e. The number of hydrogen-bond donors (Lipinski definition) is 1. The lowest BCUT2D eigenvalue weighted by Crippen LogP contribution is -2.47. The Labute approximate surface area is 201 Å². The normalized spacial score (nSPS) is 23.9. The van der Waals surface area contributed by atoms with Gasteiger partial charge in [-0.05, 0) is 61.9 Å². The Kier molecular flexibility index (Phi) is 7.22. The van der Waals surface area contributed by atoms with Gasteiger partial charge in [-0.1, -0.05) is 18.2 Å². The molecule has 2 atom stereocenters. The van der Waals surface area contributed by atoms with Crippen LogP contribution in [0.25, 0.3) is 0 Å². The molecule has 0 aromatic heterocycles. The molecule has 2 unspecified atom stereocenters. The van der Waals surface area contributed by atoms with Crippen molar-refractivity contribution in [3.8, 4) is 5.75 Å². The van der Waals surface area contributed by atoms with E-state index in [1.54, 1.807) is 7.11 Å². The molecule has 0 bridgehead atoms. The van der Waals surface area contributed by atoms with Gasteiger partial charge >= 0.3 is 5.97 Å². The van der Waals surface area contributed by atoms with Crippen molar-refractivity contribution in [3.05, 3.63) is 36.4 Å². The standard InChI is InChI=1S/C25H33N3O4S/c1-31-19-7-5-6-18(16-19)26-24(33)27-13-10-25(11-14-27)12-15-28(17-25)22(29)20-8-3-4-9-21(20)23(30)32-2/h3-7,16,20-21H,8-15,17H2,1-2H3,(H,26,33). The number of carbonyl (C=O) groups excluding carboxylic acids is 2. The maximum atomic E-state index is 13.3. The van der Waals surface area contributed by atoms with Crippen LogP contribution in [-0.4, -0.2) is 67.2 Å².